The Labute approximate surface area is 114 Å². The molecule has 4 nitrogen and oxygen atoms in total. The number of ether oxygens (including phenoxy) is 1. The predicted octanol–water partition coefficient (Wildman–Crippen LogP) is 1.80. The van der Waals surface area contributed by atoms with Crippen molar-refractivity contribution in [1.29, 1.82) is 0 Å². The Balaban J connectivity index is 2.09. The number of benzene rings is 1. The highest BCUT2D eigenvalue weighted by Gasteiger charge is 2.21. The number of anilines is 1. The Hall–Kier alpha value is -1.55. The fourth-order valence-corrected chi connectivity index (χ4v) is 2.41. The predicted molar refractivity (Wildman–Crippen MR) is 76.2 cm³/mol. The lowest BCUT2D eigenvalue weighted by Crippen LogP contribution is -2.35. The molecule has 0 amide bonds. The van der Waals surface area contributed by atoms with Crippen LogP contribution in [0.2, 0.25) is 0 Å². The van der Waals surface area contributed by atoms with Crippen molar-refractivity contribution in [1.82, 2.24) is 5.32 Å². The molecule has 1 unspecified atom stereocenters. The van der Waals surface area contributed by atoms with Crippen LogP contribution in [0.25, 0.3) is 0 Å². The fourth-order valence-electron chi connectivity index (χ4n) is 2.41. The number of nitrogens with zero attached hydrogens (tertiary/aromatic N) is 1. The maximum Gasteiger partial charge on any atom is 0.310 e. The molecule has 2 rings (SSSR count). The molecule has 0 aliphatic carbocycles. The molecule has 104 valence electrons. The highest BCUT2D eigenvalue weighted by atomic mass is 16.5. The first-order chi connectivity index (χ1) is 9.22. The standard InChI is InChI=1S/C15H22N2O2/c1-3-19-15(18)12(2)11-17-9-8-16-10-13-6-4-5-7-14(13)17/h4-7,12,16H,3,8-11H2,1-2H3. The molecule has 1 aromatic rings. The number of fused-ring (bicyclic) bond motifs is 1. The first kappa shape index (κ1) is 13.9. The van der Waals surface area contributed by atoms with Gasteiger partial charge in [-0.15, -0.1) is 0 Å². The van der Waals surface area contributed by atoms with Gasteiger partial charge < -0.3 is 15.0 Å². The number of nitrogens with one attached hydrogen (secondary N) is 1. The molecule has 1 aromatic carbocycles. The third kappa shape index (κ3) is 3.47. The van der Waals surface area contributed by atoms with Gasteiger partial charge in [0.1, 0.15) is 0 Å². The van der Waals surface area contributed by atoms with E-state index < -0.39 is 0 Å². The molecule has 0 aromatic heterocycles. The molecule has 1 heterocycles. The van der Waals surface area contributed by atoms with Crippen LogP contribution >= 0.6 is 0 Å². The van der Waals surface area contributed by atoms with E-state index in [0.717, 1.165) is 19.6 Å². The van der Waals surface area contributed by atoms with Crippen LogP contribution in [0.4, 0.5) is 5.69 Å². The van der Waals surface area contributed by atoms with E-state index >= 15 is 0 Å². The summed E-state index contributed by atoms with van der Waals surface area (Å²) in [6.07, 6.45) is 0. The van der Waals surface area contributed by atoms with Gasteiger partial charge in [-0.3, -0.25) is 4.79 Å². The van der Waals surface area contributed by atoms with Gasteiger partial charge in [0.05, 0.1) is 12.5 Å². The van der Waals surface area contributed by atoms with E-state index in [0.29, 0.717) is 13.2 Å². The van der Waals surface area contributed by atoms with Crippen molar-refractivity contribution in [3.8, 4) is 0 Å². The quantitative estimate of drug-likeness (QED) is 0.840. The van der Waals surface area contributed by atoms with Crippen molar-refractivity contribution in [2.45, 2.75) is 20.4 Å². The molecule has 0 fully saturated rings. The smallest absolute Gasteiger partial charge is 0.310 e. The molecule has 0 radical (unpaired) electrons. The highest BCUT2D eigenvalue weighted by Crippen LogP contribution is 2.23. The molecule has 1 aliphatic rings. The lowest BCUT2D eigenvalue weighted by Gasteiger charge is -2.26. The van der Waals surface area contributed by atoms with Crippen LogP contribution in [0.3, 0.4) is 0 Å². The van der Waals surface area contributed by atoms with E-state index in [1.165, 1.54) is 11.3 Å². The van der Waals surface area contributed by atoms with Crippen LogP contribution in [0.5, 0.6) is 0 Å². The molecule has 0 saturated carbocycles. The van der Waals surface area contributed by atoms with Crippen molar-refractivity contribution in [3.05, 3.63) is 29.8 Å². The largest absolute Gasteiger partial charge is 0.466 e. The maximum atomic E-state index is 11.8. The molecule has 1 aliphatic heterocycles. The Morgan fingerprint density at radius 3 is 3.05 bits per heavy atom. The minimum atomic E-state index is -0.114. The molecule has 0 saturated heterocycles. The molecule has 1 N–H and O–H groups in total. The zero-order chi connectivity index (χ0) is 13.7. The number of hydrogen-bond donors (Lipinski definition) is 1. The average molecular weight is 262 g/mol. The van der Waals surface area contributed by atoms with Gasteiger partial charge >= 0.3 is 5.97 Å². The van der Waals surface area contributed by atoms with Gasteiger partial charge in [-0.1, -0.05) is 25.1 Å². The van der Waals surface area contributed by atoms with Gasteiger partial charge in [-0.05, 0) is 18.6 Å². The van der Waals surface area contributed by atoms with Crippen molar-refractivity contribution < 1.29 is 9.53 Å². The number of rotatable bonds is 4. The van der Waals surface area contributed by atoms with Gasteiger partial charge in [0, 0.05) is 31.9 Å². The summed E-state index contributed by atoms with van der Waals surface area (Å²) < 4.78 is 5.08. The topological polar surface area (TPSA) is 41.6 Å². The minimum absolute atomic E-state index is 0.105. The van der Waals surface area contributed by atoms with Crippen LogP contribution < -0.4 is 10.2 Å². The van der Waals surface area contributed by atoms with Gasteiger partial charge in [-0.25, -0.2) is 0 Å². The van der Waals surface area contributed by atoms with Crippen molar-refractivity contribution >= 4 is 11.7 Å². The summed E-state index contributed by atoms with van der Waals surface area (Å²) in [4.78, 5) is 14.0. The molecule has 0 bridgehead atoms. The number of carbonyl (C=O) groups is 1. The minimum Gasteiger partial charge on any atom is -0.466 e. The van der Waals surface area contributed by atoms with E-state index in [2.05, 4.69) is 28.4 Å². The summed E-state index contributed by atoms with van der Waals surface area (Å²) in [6, 6.07) is 8.36. The maximum absolute atomic E-state index is 11.8. The lowest BCUT2D eigenvalue weighted by molar-refractivity contribution is -0.147. The Kier molecular flexibility index (Phi) is 4.80. The third-order valence-corrected chi connectivity index (χ3v) is 3.39. The molecule has 4 heteroatoms. The summed E-state index contributed by atoms with van der Waals surface area (Å²) in [5.74, 6) is -0.219. The van der Waals surface area contributed by atoms with Crippen LogP contribution in [0, 0.1) is 5.92 Å². The van der Waals surface area contributed by atoms with Crippen molar-refractivity contribution in [3.63, 3.8) is 0 Å². The summed E-state index contributed by atoms with van der Waals surface area (Å²) in [6.45, 7) is 7.67. The molecule has 1 atom stereocenters. The average Bonchev–Trinajstić information content (AvgIpc) is 2.62. The molecule has 0 spiro atoms. The zero-order valence-electron chi connectivity index (χ0n) is 11.7. The van der Waals surface area contributed by atoms with Crippen molar-refractivity contribution in [2.24, 2.45) is 5.92 Å². The molecular formula is C15H22N2O2. The molecular weight excluding hydrogens is 240 g/mol. The van der Waals surface area contributed by atoms with Gasteiger partial charge in [0.25, 0.3) is 0 Å². The molecule has 19 heavy (non-hydrogen) atoms. The van der Waals surface area contributed by atoms with E-state index in [1.807, 2.05) is 19.9 Å². The number of para-hydroxylation sites is 1. The second kappa shape index (κ2) is 6.57. The number of hydrogen-bond acceptors (Lipinski definition) is 4. The second-order valence-corrected chi connectivity index (χ2v) is 4.90. The Bertz CT molecular complexity index is 434. The summed E-state index contributed by atoms with van der Waals surface area (Å²) in [5.41, 5.74) is 2.51. The van der Waals surface area contributed by atoms with E-state index in [1.54, 1.807) is 0 Å². The van der Waals surface area contributed by atoms with Crippen molar-refractivity contribution in [2.75, 3.05) is 31.1 Å². The number of carbonyl (C=O) groups excluding carboxylic acids is 1. The summed E-state index contributed by atoms with van der Waals surface area (Å²) in [5, 5.41) is 3.40. The van der Waals surface area contributed by atoms with E-state index in [9.17, 15) is 4.79 Å². The Morgan fingerprint density at radius 1 is 1.47 bits per heavy atom. The number of esters is 1. The first-order valence-electron chi connectivity index (χ1n) is 6.92. The lowest BCUT2D eigenvalue weighted by atomic mass is 10.1. The van der Waals surface area contributed by atoms with E-state index in [4.69, 9.17) is 4.74 Å². The van der Waals surface area contributed by atoms with Crippen LogP contribution in [-0.2, 0) is 16.1 Å². The van der Waals surface area contributed by atoms with Crippen LogP contribution in [0.1, 0.15) is 19.4 Å². The first-order valence-corrected chi connectivity index (χ1v) is 6.92. The second-order valence-electron chi connectivity index (χ2n) is 4.90. The zero-order valence-corrected chi connectivity index (χ0v) is 11.7. The Morgan fingerprint density at radius 2 is 2.26 bits per heavy atom. The van der Waals surface area contributed by atoms with Gasteiger partial charge in [-0.2, -0.15) is 0 Å². The van der Waals surface area contributed by atoms with Gasteiger partial charge in [0.2, 0.25) is 0 Å². The van der Waals surface area contributed by atoms with Crippen LogP contribution in [0.15, 0.2) is 24.3 Å². The SMILES string of the molecule is CCOC(=O)C(C)CN1CCNCc2ccccc21. The normalized spacial score (nSPS) is 16.4. The highest BCUT2D eigenvalue weighted by molar-refractivity contribution is 5.73. The monoisotopic (exact) mass is 262 g/mol. The van der Waals surface area contributed by atoms with Crippen LogP contribution in [-0.4, -0.2) is 32.2 Å². The van der Waals surface area contributed by atoms with Gasteiger partial charge in [0.15, 0.2) is 0 Å². The van der Waals surface area contributed by atoms with E-state index in [-0.39, 0.29) is 11.9 Å². The summed E-state index contributed by atoms with van der Waals surface area (Å²) in [7, 11) is 0. The summed E-state index contributed by atoms with van der Waals surface area (Å²) >= 11 is 0. The third-order valence-electron chi connectivity index (χ3n) is 3.39. The fraction of sp³-hybridized carbons (Fsp3) is 0.533.